The maximum atomic E-state index is 13.8. The van der Waals surface area contributed by atoms with E-state index in [0.29, 0.717) is 30.1 Å². The van der Waals surface area contributed by atoms with Crippen LogP contribution in [0.5, 0.6) is 0 Å². The van der Waals surface area contributed by atoms with Gasteiger partial charge in [0, 0.05) is 11.6 Å². The molecule has 0 heterocycles. The summed E-state index contributed by atoms with van der Waals surface area (Å²) < 4.78 is 13.3. The van der Waals surface area contributed by atoms with Crippen LogP contribution in [-0.4, -0.2) is 23.0 Å². The number of hydrogen-bond acceptors (Lipinski definition) is 3. The molecule has 3 unspecified atom stereocenters. The van der Waals surface area contributed by atoms with Crippen molar-refractivity contribution in [3.8, 4) is 0 Å². The van der Waals surface area contributed by atoms with Gasteiger partial charge in [-0.15, -0.1) is 0 Å². The van der Waals surface area contributed by atoms with E-state index in [1.165, 1.54) is 63.5 Å². The van der Waals surface area contributed by atoms with Crippen LogP contribution >= 0.6 is 0 Å². The molecule has 10 atom stereocenters. The first-order valence-electron chi connectivity index (χ1n) is 14.0. The van der Waals surface area contributed by atoms with E-state index < -0.39 is 5.60 Å². The summed E-state index contributed by atoms with van der Waals surface area (Å²) in [6, 6.07) is 6.36. The molecule has 5 fully saturated rings. The second-order valence-corrected chi connectivity index (χ2v) is 13.2. The first-order valence-corrected chi connectivity index (χ1v) is 14.0. The zero-order valence-electron chi connectivity index (χ0n) is 20.9. The molecule has 1 aromatic carbocycles. The molecule has 186 valence electrons. The third kappa shape index (κ3) is 3.65. The number of hydrogen-bond donors (Lipinski definition) is 2. The normalized spacial score (nSPS) is 47.3. The van der Waals surface area contributed by atoms with Crippen molar-refractivity contribution in [3.05, 3.63) is 30.1 Å². The molecular formula is C30H42FNO2. The van der Waals surface area contributed by atoms with E-state index in [0.717, 1.165) is 42.2 Å². The molecule has 34 heavy (non-hydrogen) atoms. The molecule has 0 amide bonds. The Kier molecular flexibility index (Phi) is 5.63. The highest BCUT2D eigenvalue weighted by molar-refractivity contribution is 5.86. The van der Waals surface area contributed by atoms with Crippen LogP contribution in [0.25, 0.3) is 0 Å². The predicted molar refractivity (Wildman–Crippen MR) is 133 cm³/mol. The fourth-order valence-corrected chi connectivity index (χ4v) is 10.4. The molecule has 2 N–H and O–H groups in total. The Hall–Kier alpha value is -1.42. The Morgan fingerprint density at radius 1 is 0.941 bits per heavy atom. The summed E-state index contributed by atoms with van der Waals surface area (Å²) in [5, 5.41) is 14.0. The molecule has 4 heteroatoms. The van der Waals surface area contributed by atoms with Crippen molar-refractivity contribution in [3.63, 3.8) is 0 Å². The van der Waals surface area contributed by atoms with Crippen molar-refractivity contribution in [2.45, 2.75) is 83.7 Å². The van der Waals surface area contributed by atoms with Crippen molar-refractivity contribution >= 4 is 11.5 Å². The number of halogens is 1. The summed E-state index contributed by atoms with van der Waals surface area (Å²) in [6.45, 7) is 4.88. The van der Waals surface area contributed by atoms with E-state index in [1.54, 1.807) is 12.1 Å². The number of rotatable bonds is 4. The minimum atomic E-state index is -0.462. The number of nitrogens with one attached hydrogen (secondary N) is 1. The average molecular weight is 468 g/mol. The Morgan fingerprint density at radius 2 is 1.65 bits per heavy atom. The second-order valence-electron chi connectivity index (χ2n) is 13.2. The molecule has 0 radical (unpaired) electrons. The SMILES string of the molecule is C[C@@]1(O)CC[C@H]2C(CCC3C4[C@@H]5CCC[C@@H]5[C@H](C(=O)CNc5ccc(F)cc5)[C@@]4(C)CC[C@@H]32)C1. The molecule has 0 aliphatic heterocycles. The van der Waals surface area contributed by atoms with Crippen LogP contribution in [0.1, 0.15) is 78.1 Å². The van der Waals surface area contributed by atoms with Gasteiger partial charge in [0.15, 0.2) is 5.78 Å². The van der Waals surface area contributed by atoms with Crippen molar-refractivity contribution in [1.82, 2.24) is 0 Å². The zero-order chi connectivity index (χ0) is 23.7. The van der Waals surface area contributed by atoms with Crippen LogP contribution in [0, 0.1) is 58.6 Å². The molecule has 0 aromatic heterocycles. The monoisotopic (exact) mass is 467 g/mol. The molecular weight excluding hydrogens is 425 g/mol. The summed E-state index contributed by atoms with van der Waals surface area (Å²) >= 11 is 0. The molecule has 0 bridgehead atoms. The van der Waals surface area contributed by atoms with Gasteiger partial charge >= 0.3 is 0 Å². The molecule has 6 rings (SSSR count). The van der Waals surface area contributed by atoms with Gasteiger partial charge in [0.2, 0.25) is 0 Å². The lowest BCUT2D eigenvalue weighted by molar-refractivity contribution is -0.133. The smallest absolute Gasteiger partial charge is 0.155 e. The number of ketones is 1. The van der Waals surface area contributed by atoms with E-state index >= 15 is 0 Å². The average Bonchev–Trinajstić information content (AvgIpc) is 3.35. The lowest BCUT2D eigenvalue weighted by Crippen LogP contribution is -2.52. The van der Waals surface area contributed by atoms with Gasteiger partial charge in [-0.25, -0.2) is 4.39 Å². The lowest BCUT2D eigenvalue weighted by Gasteiger charge is -2.57. The first-order chi connectivity index (χ1) is 16.3. The molecule has 1 aromatic rings. The third-order valence-corrected chi connectivity index (χ3v) is 11.4. The summed E-state index contributed by atoms with van der Waals surface area (Å²) in [4.78, 5) is 13.8. The van der Waals surface area contributed by atoms with Gasteiger partial charge in [0.05, 0.1) is 12.1 Å². The highest BCUT2D eigenvalue weighted by atomic mass is 19.1. The number of fused-ring (bicyclic) bond motifs is 7. The van der Waals surface area contributed by atoms with E-state index in [2.05, 4.69) is 12.2 Å². The number of anilines is 1. The van der Waals surface area contributed by atoms with Crippen LogP contribution in [0.15, 0.2) is 24.3 Å². The largest absolute Gasteiger partial charge is 0.390 e. The minimum absolute atomic E-state index is 0.130. The van der Waals surface area contributed by atoms with E-state index in [1.807, 2.05) is 6.92 Å². The van der Waals surface area contributed by atoms with Crippen molar-refractivity contribution in [2.75, 3.05) is 11.9 Å². The molecule has 3 nitrogen and oxygen atoms in total. The number of benzene rings is 1. The van der Waals surface area contributed by atoms with Crippen LogP contribution in [0.2, 0.25) is 0 Å². The van der Waals surface area contributed by atoms with Gasteiger partial charge in [0.25, 0.3) is 0 Å². The number of aliphatic hydroxyl groups is 1. The molecule has 5 aliphatic rings. The summed E-state index contributed by atoms with van der Waals surface area (Å²) in [7, 11) is 0. The summed E-state index contributed by atoms with van der Waals surface area (Å²) in [5.74, 6) is 5.35. The van der Waals surface area contributed by atoms with E-state index in [-0.39, 0.29) is 17.2 Å². The second kappa shape index (κ2) is 8.32. The Labute approximate surface area is 204 Å². The standard InChI is InChI=1S/C30H42FNO2/c1-29(34)14-12-21-18(16-29)6-11-25-22(21)13-15-30(2)27(25)23-4-3-5-24(23)28(30)26(33)17-32-20-9-7-19(31)8-10-20/h7-10,18,21-25,27-28,32,34H,3-6,11-17H2,1-2H3/t18?,21-,22+,23+,24-,25?,27?,28+,29+,30-/m0/s1. The number of carbonyl (C=O) groups excluding carboxylic acids is 1. The topological polar surface area (TPSA) is 49.3 Å². The Bertz CT molecular complexity index is 928. The Morgan fingerprint density at radius 3 is 2.44 bits per heavy atom. The highest BCUT2D eigenvalue weighted by Crippen LogP contribution is 2.70. The van der Waals surface area contributed by atoms with Gasteiger partial charge in [-0.05, 0) is 136 Å². The maximum Gasteiger partial charge on any atom is 0.155 e. The molecule has 0 saturated heterocycles. The molecule has 0 spiro atoms. The quantitative estimate of drug-likeness (QED) is 0.534. The fraction of sp³-hybridized carbons (Fsp3) is 0.767. The molecule has 5 saturated carbocycles. The first kappa shape index (κ1) is 23.0. The summed E-state index contributed by atoms with van der Waals surface area (Å²) in [5.41, 5.74) is 0.495. The van der Waals surface area contributed by atoms with E-state index in [4.69, 9.17) is 0 Å². The van der Waals surface area contributed by atoms with Crippen LogP contribution in [-0.2, 0) is 4.79 Å². The third-order valence-electron chi connectivity index (χ3n) is 11.4. The number of Topliss-reactive ketones (excluding diaryl/α,β-unsaturated/α-hetero) is 1. The van der Waals surface area contributed by atoms with Gasteiger partial charge in [-0.1, -0.05) is 13.3 Å². The fourth-order valence-electron chi connectivity index (χ4n) is 10.4. The van der Waals surface area contributed by atoms with Gasteiger partial charge in [-0.3, -0.25) is 4.79 Å². The Balaban J connectivity index is 1.22. The van der Waals surface area contributed by atoms with Crippen molar-refractivity contribution in [1.29, 1.82) is 0 Å². The zero-order valence-corrected chi connectivity index (χ0v) is 20.9. The lowest BCUT2D eigenvalue weighted by atomic mass is 9.48. The van der Waals surface area contributed by atoms with Crippen molar-refractivity contribution in [2.24, 2.45) is 52.8 Å². The number of carbonyl (C=O) groups is 1. The van der Waals surface area contributed by atoms with Gasteiger partial charge < -0.3 is 10.4 Å². The van der Waals surface area contributed by atoms with Crippen LogP contribution < -0.4 is 5.32 Å². The van der Waals surface area contributed by atoms with Crippen LogP contribution in [0.4, 0.5) is 10.1 Å². The molecule has 5 aliphatic carbocycles. The predicted octanol–water partition coefficient (Wildman–Crippen LogP) is 6.46. The van der Waals surface area contributed by atoms with Crippen molar-refractivity contribution < 1.29 is 14.3 Å². The summed E-state index contributed by atoms with van der Waals surface area (Å²) in [6.07, 6.45) is 12.0. The van der Waals surface area contributed by atoms with Gasteiger partial charge in [-0.2, -0.15) is 0 Å². The van der Waals surface area contributed by atoms with Crippen LogP contribution in [0.3, 0.4) is 0 Å². The minimum Gasteiger partial charge on any atom is -0.390 e. The highest BCUT2D eigenvalue weighted by Gasteiger charge is 2.65. The van der Waals surface area contributed by atoms with Gasteiger partial charge in [0.1, 0.15) is 5.82 Å². The van der Waals surface area contributed by atoms with E-state index in [9.17, 15) is 14.3 Å². The maximum absolute atomic E-state index is 13.8.